The quantitative estimate of drug-likeness (QED) is 0.108. The minimum atomic E-state index is -1.91. The minimum absolute atomic E-state index is 0.760. The second kappa shape index (κ2) is 14.9. The Hall–Kier alpha value is -1.21. The number of rotatable bonds is 8. The standard InChI is InChI=1S/C26H44O19/c1-6-11(29)16(34)21(26(40-6)44-20-13(31)7(2)38-23(37)22(20)41-9(4)28)45-25-18(36)19(12(30)8(3)39-25)43-24-17(35)15(33)14(32)10(5-27)42-24/h6-8,10-27,29-37H,5H2,1-4H3/t6?,7?,8?,10?,11-,12-,13-,14+,15?,16?,17?,18-,19?,20?,21-,22-,23+,24+,25-,26-/m0/s1. The summed E-state index contributed by atoms with van der Waals surface area (Å²) in [5, 5.41) is 105. The monoisotopic (exact) mass is 660 g/mol. The Kier molecular flexibility index (Phi) is 12.1. The van der Waals surface area contributed by atoms with Crippen molar-refractivity contribution in [2.75, 3.05) is 6.61 Å². The van der Waals surface area contributed by atoms with Crippen molar-refractivity contribution in [3.05, 3.63) is 0 Å². The molecule has 0 radical (unpaired) electrons. The lowest BCUT2D eigenvalue weighted by Crippen LogP contribution is -2.67. The molecule has 4 aliphatic heterocycles. The Morgan fingerprint density at radius 2 is 1.04 bits per heavy atom. The summed E-state index contributed by atoms with van der Waals surface area (Å²) in [6.07, 6.45) is -31.5. The number of hydrogen-bond acceptors (Lipinski definition) is 19. The summed E-state index contributed by atoms with van der Waals surface area (Å²) in [6, 6.07) is 0. The van der Waals surface area contributed by atoms with Crippen molar-refractivity contribution in [1.82, 2.24) is 0 Å². The molecular weight excluding hydrogens is 616 g/mol. The lowest BCUT2D eigenvalue weighted by Gasteiger charge is -2.49. The van der Waals surface area contributed by atoms with E-state index < -0.39 is 135 Å². The van der Waals surface area contributed by atoms with Crippen LogP contribution in [0, 0.1) is 0 Å². The fourth-order valence-corrected chi connectivity index (χ4v) is 5.65. The zero-order chi connectivity index (χ0) is 33.5. The molecular formula is C26H44O19. The normalized spacial score (nSPS) is 52.8. The van der Waals surface area contributed by atoms with Crippen LogP contribution in [0.3, 0.4) is 0 Å². The predicted molar refractivity (Wildman–Crippen MR) is 139 cm³/mol. The van der Waals surface area contributed by atoms with Gasteiger partial charge in [0.15, 0.2) is 31.3 Å². The second-order valence-electron chi connectivity index (χ2n) is 11.7. The third-order valence-electron chi connectivity index (χ3n) is 8.37. The van der Waals surface area contributed by atoms with E-state index in [9.17, 15) is 55.9 Å². The fraction of sp³-hybridized carbons (Fsp3) is 0.962. The maximum atomic E-state index is 11.7. The second-order valence-corrected chi connectivity index (χ2v) is 11.7. The summed E-state index contributed by atoms with van der Waals surface area (Å²) in [6.45, 7) is 4.49. The molecule has 262 valence electrons. The molecule has 0 amide bonds. The number of aliphatic hydroxyl groups excluding tert-OH is 10. The maximum Gasteiger partial charge on any atom is 0.303 e. The fourth-order valence-electron chi connectivity index (χ4n) is 5.65. The van der Waals surface area contributed by atoms with E-state index in [2.05, 4.69) is 0 Å². The van der Waals surface area contributed by atoms with E-state index in [1.165, 1.54) is 20.8 Å². The summed E-state index contributed by atoms with van der Waals surface area (Å²) in [5.74, 6) is -0.837. The van der Waals surface area contributed by atoms with E-state index in [4.69, 9.17) is 37.9 Å². The molecule has 0 aromatic heterocycles. The molecule has 4 heterocycles. The molecule has 19 nitrogen and oxygen atoms in total. The molecule has 20 atom stereocenters. The van der Waals surface area contributed by atoms with Crippen LogP contribution < -0.4 is 0 Å². The van der Waals surface area contributed by atoms with E-state index in [1.807, 2.05) is 0 Å². The molecule has 19 heteroatoms. The van der Waals surface area contributed by atoms with Crippen molar-refractivity contribution in [1.29, 1.82) is 0 Å². The molecule has 0 aromatic carbocycles. The average Bonchev–Trinajstić information content (AvgIpc) is 2.98. The van der Waals surface area contributed by atoms with Gasteiger partial charge in [-0.2, -0.15) is 0 Å². The van der Waals surface area contributed by atoms with Crippen molar-refractivity contribution in [2.24, 2.45) is 0 Å². The van der Waals surface area contributed by atoms with Gasteiger partial charge in [0.2, 0.25) is 0 Å². The minimum Gasteiger partial charge on any atom is -0.454 e. The first-order valence-corrected chi connectivity index (χ1v) is 14.6. The SMILES string of the molecule is CC(=O)O[C@H]1C(O[C@@H]2OC(C)[C@H](O)C(O)[C@@H]2O[C@@H]2OC(C)[C@H](O)C(O[C@H]3OC(CO)[C@@H](O)C(O)C3O)[C@@H]2O)[C@@H](O)C(C)O[C@H]1O. The highest BCUT2D eigenvalue weighted by atomic mass is 16.8. The maximum absolute atomic E-state index is 11.7. The van der Waals surface area contributed by atoms with Crippen molar-refractivity contribution in [3.8, 4) is 0 Å². The smallest absolute Gasteiger partial charge is 0.303 e. The molecule has 4 rings (SSSR count). The van der Waals surface area contributed by atoms with Gasteiger partial charge >= 0.3 is 5.97 Å². The van der Waals surface area contributed by atoms with Gasteiger partial charge in [-0.1, -0.05) is 0 Å². The van der Waals surface area contributed by atoms with Crippen LogP contribution in [0.5, 0.6) is 0 Å². The van der Waals surface area contributed by atoms with Crippen LogP contribution in [0.25, 0.3) is 0 Å². The first-order valence-electron chi connectivity index (χ1n) is 14.6. The van der Waals surface area contributed by atoms with Crippen LogP contribution in [0.2, 0.25) is 0 Å². The summed E-state index contributed by atoms with van der Waals surface area (Å²) < 4.78 is 44.3. The van der Waals surface area contributed by atoms with Crippen molar-refractivity contribution >= 4 is 5.97 Å². The average molecular weight is 661 g/mol. The summed E-state index contributed by atoms with van der Waals surface area (Å²) >= 11 is 0. The Balaban J connectivity index is 1.56. The molecule has 0 aromatic rings. The van der Waals surface area contributed by atoms with Crippen LogP contribution in [0.4, 0.5) is 0 Å². The highest BCUT2D eigenvalue weighted by molar-refractivity contribution is 5.66. The van der Waals surface area contributed by atoms with E-state index in [-0.39, 0.29) is 0 Å². The summed E-state index contributed by atoms with van der Waals surface area (Å²) in [4.78, 5) is 11.7. The lowest BCUT2D eigenvalue weighted by molar-refractivity contribution is -0.392. The third-order valence-corrected chi connectivity index (χ3v) is 8.37. The summed E-state index contributed by atoms with van der Waals surface area (Å²) in [5.41, 5.74) is 0. The topological polar surface area (TPSA) is 293 Å². The highest BCUT2D eigenvalue weighted by Gasteiger charge is 2.55. The highest BCUT2D eigenvalue weighted by Crippen LogP contribution is 2.35. The van der Waals surface area contributed by atoms with Crippen LogP contribution in [0.1, 0.15) is 27.7 Å². The first-order chi connectivity index (χ1) is 21.1. The molecule has 0 aliphatic carbocycles. The Labute approximate surface area is 257 Å². The molecule has 4 aliphatic rings. The number of aliphatic hydroxyl groups is 10. The lowest BCUT2D eigenvalue weighted by atomic mass is 9.96. The Bertz CT molecular complexity index is 973. The van der Waals surface area contributed by atoms with E-state index in [1.54, 1.807) is 0 Å². The predicted octanol–water partition coefficient (Wildman–Crippen LogP) is -6.10. The van der Waals surface area contributed by atoms with Gasteiger partial charge in [0.05, 0.1) is 24.9 Å². The van der Waals surface area contributed by atoms with Gasteiger partial charge in [-0.15, -0.1) is 0 Å². The Morgan fingerprint density at radius 1 is 0.533 bits per heavy atom. The van der Waals surface area contributed by atoms with Gasteiger partial charge in [-0.3, -0.25) is 4.79 Å². The van der Waals surface area contributed by atoms with Gasteiger partial charge < -0.3 is 89.0 Å². The molecule has 10 N–H and O–H groups in total. The van der Waals surface area contributed by atoms with E-state index in [0.29, 0.717) is 0 Å². The third kappa shape index (κ3) is 7.60. The number of carbonyl (C=O) groups is 1. The first kappa shape index (κ1) is 36.6. The largest absolute Gasteiger partial charge is 0.454 e. The molecule has 4 saturated heterocycles. The van der Waals surface area contributed by atoms with Gasteiger partial charge in [0, 0.05) is 6.92 Å². The molecule has 9 unspecified atom stereocenters. The van der Waals surface area contributed by atoms with Crippen molar-refractivity contribution in [2.45, 2.75) is 151 Å². The molecule has 0 saturated carbocycles. The zero-order valence-corrected chi connectivity index (χ0v) is 24.9. The van der Waals surface area contributed by atoms with Crippen LogP contribution in [-0.4, -0.2) is 186 Å². The molecule has 45 heavy (non-hydrogen) atoms. The van der Waals surface area contributed by atoms with Crippen LogP contribution in [0.15, 0.2) is 0 Å². The van der Waals surface area contributed by atoms with E-state index in [0.717, 1.165) is 6.92 Å². The Morgan fingerprint density at radius 3 is 1.67 bits per heavy atom. The molecule has 0 bridgehead atoms. The number of carbonyl (C=O) groups excluding carboxylic acids is 1. The van der Waals surface area contributed by atoms with Crippen molar-refractivity contribution in [3.63, 3.8) is 0 Å². The number of hydrogen-bond donors (Lipinski definition) is 10. The van der Waals surface area contributed by atoms with Crippen LogP contribution in [-0.2, 0) is 42.7 Å². The van der Waals surface area contributed by atoms with Gasteiger partial charge in [-0.05, 0) is 20.8 Å². The number of ether oxygens (including phenoxy) is 8. The number of esters is 1. The molecule has 4 fully saturated rings. The molecule has 0 spiro atoms. The van der Waals surface area contributed by atoms with Crippen molar-refractivity contribution < 1.29 is 93.8 Å². The van der Waals surface area contributed by atoms with E-state index >= 15 is 0 Å². The van der Waals surface area contributed by atoms with Crippen LogP contribution >= 0.6 is 0 Å². The van der Waals surface area contributed by atoms with Gasteiger partial charge in [0.1, 0.15) is 73.2 Å². The van der Waals surface area contributed by atoms with Gasteiger partial charge in [0.25, 0.3) is 0 Å². The summed E-state index contributed by atoms with van der Waals surface area (Å²) in [7, 11) is 0. The zero-order valence-electron chi connectivity index (χ0n) is 24.9. The van der Waals surface area contributed by atoms with Gasteiger partial charge in [-0.25, -0.2) is 0 Å².